The van der Waals surface area contributed by atoms with Gasteiger partial charge in [0.15, 0.2) is 0 Å². The number of hydrogen-bond donors (Lipinski definition) is 0. The van der Waals surface area contributed by atoms with Crippen LogP contribution in [0.1, 0.15) is 46.0 Å². The van der Waals surface area contributed by atoms with Crippen molar-refractivity contribution in [3.05, 3.63) is 11.6 Å². The van der Waals surface area contributed by atoms with E-state index in [1.54, 1.807) is 13.0 Å². The molecule has 80 valence electrons. The van der Waals surface area contributed by atoms with Crippen molar-refractivity contribution in [1.82, 2.24) is 0 Å². The number of allylic oxidation sites excluding steroid dienone is 1. The maximum absolute atomic E-state index is 11.3. The fraction of sp³-hybridized carbons (Fsp3) is 0.750. The molecule has 2 heteroatoms. The molecule has 0 atom stereocenters. The molecule has 0 radical (unpaired) electrons. The maximum Gasteiger partial charge on any atom is 0.333 e. The lowest BCUT2D eigenvalue weighted by Crippen LogP contribution is -2.17. The van der Waals surface area contributed by atoms with Gasteiger partial charge in [-0.1, -0.05) is 25.3 Å². The molecule has 1 rings (SSSR count). The van der Waals surface area contributed by atoms with Crippen molar-refractivity contribution < 1.29 is 9.53 Å². The van der Waals surface area contributed by atoms with Gasteiger partial charge in [-0.25, -0.2) is 4.79 Å². The van der Waals surface area contributed by atoms with Crippen molar-refractivity contribution in [3.63, 3.8) is 0 Å². The first-order valence-electron chi connectivity index (χ1n) is 5.54. The molecule has 0 saturated heterocycles. The molecule has 14 heavy (non-hydrogen) atoms. The molecule has 1 fully saturated rings. The summed E-state index contributed by atoms with van der Waals surface area (Å²) in [5.41, 5.74) is 0.709. The van der Waals surface area contributed by atoms with Crippen LogP contribution in [0.25, 0.3) is 0 Å². The van der Waals surface area contributed by atoms with Gasteiger partial charge in [0.1, 0.15) is 0 Å². The predicted octanol–water partition coefficient (Wildman–Crippen LogP) is 3.08. The number of carbonyl (C=O) groups excluding carboxylic acids is 1. The van der Waals surface area contributed by atoms with Gasteiger partial charge in [-0.3, -0.25) is 0 Å². The largest absolute Gasteiger partial charge is 0.462 e. The molecule has 0 heterocycles. The highest BCUT2D eigenvalue weighted by Gasteiger charge is 2.15. The highest BCUT2D eigenvalue weighted by atomic mass is 16.5. The second kappa shape index (κ2) is 5.84. The lowest BCUT2D eigenvalue weighted by atomic mass is 9.90. The molecule has 0 aromatic heterocycles. The van der Waals surface area contributed by atoms with Crippen LogP contribution in [0, 0.1) is 5.92 Å². The summed E-state index contributed by atoms with van der Waals surface area (Å²) >= 11 is 0. The normalized spacial score (nSPS) is 19.4. The van der Waals surface area contributed by atoms with Crippen molar-refractivity contribution in [2.75, 3.05) is 6.61 Å². The van der Waals surface area contributed by atoms with Crippen LogP contribution in [0.2, 0.25) is 0 Å². The topological polar surface area (TPSA) is 26.3 Å². The van der Waals surface area contributed by atoms with Gasteiger partial charge in [-0.2, -0.15) is 0 Å². The van der Waals surface area contributed by atoms with Crippen LogP contribution < -0.4 is 0 Å². The van der Waals surface area contributed by atoms with Gasteiger partial charge in [0.25, 0.3) is 0 Å². The zero-order valence-corrected chi connectivity index (χ0v) is 9.21. The second-order valence-electron chi connectivity index (χ2n) is 4.07. The molecule has 0 amide bonds. The molecule has 1 aliphatic rings. The van der Waals surface area contributed by atoms with E-state index in [1.807, 2.05) is 6.92 Å². The van der Waals surface area contributed by atoms with Crippen molar-refractivity contribution in [3.8, 4) is 0 Å². The first kappa shape index (κ1) is 11.3. The Morgan fingerprint density at radius 1 is 1.36 bits per heavy atom. The summed E-state index contributed by atoms with van der Waals surface area (Å²) in [5, 5.41) is 0. The monoisotopic (exact) mass is 196 g/mol. The average Bonchev–Trinajstić information content (AvgIpc) is 2.26. The first-order chi connectivity index (χ1) is 6.74. The fourth-order valence-electron chi connectivity index (χ4n) is 1.78. The average molecular weight is 196 g/mol. The Bertz CT molecular complexity index is 212. The molecule has 2 nitrogen and oxygen atoms in total. The standard InChI is InChI=1S/C12H20O2/c1-3-10(2)12(13)14-9-11-7-5-4-6-8-11/h3,11H,4-9H2,1-2H3. The van der Waals surface area contributed by atoms with E-state index < -0.39 is 0 Å². The van der Waals surface area contributed by atoms with Crippen LogP contribution in [0.5, 0.6) is 0 Å². The van der Waals surface area contributed by atoms with Crippen LogP contribution in [-0.4, -0.2) is 12.6 Å². The Morgan fingerprint density at radius 2 is 2.00 bits per heavy atom. The zero-order chi connectivity index (χ0) is 10.4. The van der Waals surface area contributed by atoms with Gasteiger partial charge in [-0.15, -0.1) is 0 Å². The van der Waals surface area contributed by atoms with Crippen molar-refractivity contribution in [2.45, 2.75) is 46.0 Å². The van der Waals surface area contributed by atoms with Gasteiger partial charge >= 0.3 is 5.97 Å². The molecule has 1 saturated carbocycles. The summed E-state index contributed by atoms with van der Waals surface area (Å²) in [6, 6.07) is 0. The maximum atomic E-state index is 11.3. The van der Waals surface area contributed by atoms with Crippen molar-refractivity contribution >= 4 is 5.97 Å². The van der Waals surface area contributed by atoms with Crippen LogP contribution in [0.3, 0.4) is 0 Å². The van der Waals surface area contributed by atoms with Crippen molar-refractivity contribution in [1.29, 1.82) is 0 Å². The summed E-state index contributed by atoms with van der Waals surface area (Å²) in [5.74, 6) is 0.454. The predicted molar refractivity (Wildman–Crippen MR) is 57.0 cm³/mol. The number of hydrogen-bond acceptors (Lipinski definition) is 2. The Morgan fingerprint density at radius 3 is 2.57 bits per heavy atom. The smallest absolute Gasteiger partial charge is 0.333 e. The second-order valence-corrected chi connectivity index (χ2v) is 4.07. The number of esters is 1. The van der Waals surface area contributed by atoms with Gasteiger partial charge in [-0.05, 0) is 32.6 Å². The molecule has 0 N–H and O–H groups in total. The van der Waals surface area contributed by atoms with E-state index in [0.29, 0.717) is 18.1 Å². The van der Waals surface area contributed by atoms with Crippen LogP contribution in [0.4, 0.5) is 0 Å². The van der Waals surface area contributed by atoms with E-state index in [0.717, 1.165) is 0 Å². The Balaban J connectivity index is 2.22. The number of carbonyl (C=O) groups is 1. The zero-order valence-electron chi connectivity index (χ0n) is 9.21. The molecule has 0 spiro atoms. The summed E-state index contributed by atoms with van der Waals surface area (Å²) in [6.07, 6.45) is 8.18. The Hall–Kier alpha value is -0.790. The SMILES string of the molecule is CC=C(C)C(=O)OCC1CCCCC1. The third-order valence-corrected chi connectivity index (χ3v) is 2.93. The summed E-state index contributed by atoms with van der Waals surface area (Å²) in [7, 11) is 0. The van der Waals surface area contributed by atoms with Gasteiger partial charge in [0.05, 0.1) is 6.61 Å². The fourth-order valence-corrected chi connectivity index (χ4v) is 1.78. The lowest BCUT2D eigenvalue weighted by Gasteiger charge is -2.21. The van der Waals surface area contributed by atoms with E-state index >= 15 is 0 Å². The lowest BCUT2D eigenvalue weighted by molar-refractivity contribution is -0.140. The summed E-state index contributed by atoms with van der Waals surface area (Å²) in [6.45, 7) is 4.27. The molecule has 0 aromatic rings. The number of ether oxygens (including phenoxy) is 1. The van der Waals surface area contributed by atoms with Crippen LogP contribution >= 0.6 is 0 Å². The highest BCUT2D eigenvalue weighted by molar-refractivity contribution is 5.87. The summed E-state index contributed by atoms with van der Waals surface area (Å²) in [4.78, 5) is 11.3. The minimum Gasteiger partial charge on any atom is -0.462 e. The van der Waals surface area contributed by atoms with E-state index in [4.69, 9.17) is 4.74 Å². The van der Waals surface area contributed by atoms with E-state index in [2.05, 4.69) is 0 Å². The third-order valence-electron chi connectivity index (χ3n) is 2.93. The third kappa shape index (κ3) is 3.52. The molecule has 0 unspecified atom stereocenters. The number of rotatable bonds is 3. The van der Waals surface area contributed by atoms with E-state index in [9.17, 15) is 4.79 Å². The molecule has 1 aliphatic carbocycles. The molecule has 0 aromatic carbocycles. The quantitative estimate of drug-likeness (QED) is 0.512. The van der Waals surface area contributed by atoms with E-state index in [1.165, 1.54) is 32.1 Å². The van der Waals surface area contributed by atoms with Gasteiger partial charge in [0.2, 0.25) is 0 Å². The van der Waals surface area contributed by atoms with Crippen LogP contribution in [-0.2, 0) is 9.53 Å². The Labute approximate surface area is 86.3 Å². The van der Waals surface area contributed by atoms with Gasteiger partial charge in [0, 0.05) is 5.57 Å². The van der Waals surface area contributed by atoms with E-state index in [-0.39, 0.29) is 5.97 Å². The molecular weight excluding hydrogens is 176 g/mol. The highest BCUT2D eigenvalue weighted by Crippen LogP contribution is 2.23. The minimum atomic E-state index is -0.155. The molecular formula is C12H20O2. The minimum absolute atomic E-state index is 0.155. The summed E-state index contributed by atoms with van der Waals surface area (Å²) < 4.78 is 5.23. The van der Waals surface area contributed by atoms with Crippen molar-refractivity contribution in [2.24, 2.45) is 5.92 Å². The Kier molecular flexibility index (Phi) is 4.71. The van der Waals surface area contributed by atoms with Gasteiger partial charge < -0.3 is 4.74 Å². The molecule has 0 bridgehead atoms. The van der Waals surface area contributed by atoms with Crippen LogP contribution in [0.15, 0.2) is 11.6 Å². The first-order valence-corrected chi connectivity index (χ1v) is 5.54. The molecule has 0 aliphatic heterocycles.